The van der Waals surface area contributed by atoms with Crippen LogP contribution in [-0.4, -0.2) is 347 Å². The Morgan fingerprint density at radius 1 is 0.515 bits per heavy atom. The molecule has 0 bridgehead atoms. The molecule has 130 heavy (non-hydrogen) atoms. The number of hydrogen-bond acceptors (Lipinski definition) is 37. The number of β-amino-alcohol motifs (C(OH)–C–C–N with tert-alkyl or cyclic N) is 1. The van der Waals surface area contributed by atoms with Gasteiger partial charge in [-0.2, -0.15) is 0 Å². The molecule has 0 radical (unpaired) electrons. The number of nitrogens with zero attached hydrogens (tertiary/aromatic N) is 5. The summed E-state index contributed by atoms with van der Waals surface area (Å²) in [7, 11) is -9.40. The number of Topliss-reactive ketones (excluding diaryl/α,β-unsaturated/α-hetero) is 5. The fraction of sp³-hybridized carbons (Fsp3) is 0.847. The molecule has 45 heteroatoms. The van der Waals surface area contributed by atoms with Crippen LogP contribution >= 0.6 is 15.4 Å². The van der Waals surface area contributed by atoms with Gasteiger partial charge in [0.15, 0.2) is 30.3 Å². The molecule has 0 aliphatic carbocycles. The van der Waals surface area contributed by atoms with Crippen LogP contribution in [-0.2, 0) is 108 Å². The molecular formula is C85H144N8O35P2. The third-order valence-electron chi connectivity index (χ3n) is 24.1. The number of nitrogens with two attached hydrogens (primary N) is 1. The van der Waals surface area contributed by atoms with Crippen molar-refractivity contribution in [1.82, 2.24) is 35.1 Å². The van der Waals surface area contributed by atoms with Crippen molar-refractivity contribution in [2.24, 2.45) is 17.8 Å². The number of aromatic nitrogens is 4. The van der Waals surface area contributed by atoms with Gasteiger partial charge in [0.2, 0.25) is 17.7 Å². The molecule has 7 rings (SSSR count). The zero-order valence-corrected chi connectivity index (χ0v) is 77.4. The second-order valence-corrected chi connectivity index (χ2v) is 38.8. The fourth-order valence-corrected chi connectivity index (χ4v) is 17.4. The number of likely N-dealkylation sites (tertiary alicyclic amines) is 1. The molecule has 7 heterocycles. The van der Waals surface area contributed by atoms with Crippen molar-refractivity contribution in [3.05, 3.63) is 12.7 Å². The van der Waals surface area contributed by atoms with Gasteiger partial charge >= 0.3 is 15.4 Å². The number of phosphoric acid groups is 1. The SMILES string of the molecule is CC1[C@H](OCCCCC(=O)CCCCCC(=O)CCOCCC(COCCC(=O)CCCCCC(=O)CCCCO[C@@H]2OC(CO)[C@H](O)[C@H](O)C2C)(COCCC(=O)NCCCCC(=O)CCCCO[C@@H]2OC(CO)[C@H](O)[C@H](O)C2C)NC(=O)CC(=O)N2C[C@@H](O)C[C@@H]2COP(=O)(O)O[C@H]2C[C@H](n3cnc4c(N)ncnc43)O[C@@H]2COP(=O)(O)C(C)C)OC(CO)[C@H](O)[C@@H]1O. The van der Waals surface area contributed by atoms with Crippen molar-refractivity contribution in [2.45, 2.75) is 336 Å². The Labute approximate surface area is 758 Å². The highest BCUT2D eigenvalue weighted by molar-refractivity contribution is 7.53. The van der Waals surface area contributed by atoms with E-state index in [9.17, 15) is 108 Å². The first-order valence-corrected chi connectivity index (χ1v) is 48.9. The number of aliphatic hydroxyl groups is 10. The zero-order valence-electron chi connectivity index (χ0n) is 75.6. The summed E-state index contributed by atoms with van der Waals surface area (Å²) in [6.07, 6.45) is -7.10. The Morgan fingerprint density at radius 3 is 1.43 bits per heavy atom. The van der Waals surface area contributed by atoms with Crippen molar-refractivity contribution in [2.75, 3.05) is 111 Å². The minimum absolute atomic E-state index is 0.000958. The van der Waals surface area contributed by atoms with E-state index in [1.165, 1.54) is 31.1 Å². The molecule has 43 nitrogen and oxygen atoms in total. The molecule has 0 saturated carbocycles. The van der Waals surface area contributed by atoms with Gasteiger partial charge in [0, 0.05) is 134 Å². The van der Waals surface area contributed by atoms with E-state index in [-0.39, 0.29) is 183 Å². The van der Waals surface area contributed by atoms with Crippen molar-refractivity contribution >= 4 is 79.0 Å². The van der Waals surface area contributed by atoms with E-state index >= 15 is 0 Å². The van der Waals surface area contributed by atoms with Crippen LogP contribution < -0.4 is 16.4 Å². The Kier molecular flexibility index (Phi) is 49.4. The van der Waals surface area contributed by atoms with Crippen molar-refractivity contribution in [1.29, 1.82) is 0 Å². The van der Waals surface area contributed by atoms with E-state index in [2.05, 4.69) is 25.6 Å². The first-order valence-electron chi connectivity index (χ1n) is 45.8. The number of nitrogens with one attached hydrogen (secondary N) is 2. The van der Waals surface area contributed by atoms with E-state index in [4.69, 9.17) is 66.7 Å². The van der Waals surface area contributed by atoms with Crippen molar-refractivity contribution < 1.29 is 169 Å². The molecule has 16 N–H and O–H groups in total. The third-order valence-corrected chi connectivity index (χ3v) is 26.9. The number of carbonyl (C=O) groups excluding carboxylic acids is 8. The molecule has 5 saturated heterocycles. The molecule has 3 amide bonds. The number of ether oxygens (including phenoxy) is 10. The first kappa shape index (κ1) is 112. The predicted octanol–water partition coefficient (Wildman–Crippen LogP) is 2.44. The number of carbonyl (C=O) groups is 8. The van der Waals surface area contributed by atoms with Crippen molar-refractivity contribution in [3.8, 4) is 0 Å². The monoisotopic (exact) mass is 1900 g/mol. The number of amides is 3. The van der Waals surface area contributed by atoms with Gasteiger partial charge in [-0.3, -0.25) is 56.5 Å². The molecule has 2 aromatic heterocycles. The lowest BCUT2D eigenvalue weighted by molar-refractivity contribution is -0.282. The second-order valence-electron chi connectivity index (χ2n) is 34.9. The lowest BCUT2D eigenvalue weighted by atomic mass is 9.92. The molecule has 0 aromatic carbocycles. The molecule has 9 unspecified atom stereocenters. The summed E-state index contributed by atoms with van der Waals surface area (Å²) >= 11 is 0. The van der Waals surface area contributed by atoms with Gasteiger partial charge in [0.25, 0.3) is 0 Å². The van der Waals surface area contributed by atoms with E-state index in [1.54, 1.807) is 20.8 Å². The molecular weight excluding hydrogens is 1750 g/mol. The van der Waals surface area contributed by atoms with Crippen LogP contribution in [0.25, 0.3) is 11.2 Å². The predicted molar refractivity (Wildman–Crippen MR) is 461 cm³/mol. The number of fused-ring (bicyclic) bond motifs is 1. The minimum atomic E-state index is -5.17. The fourth-order valence-electron chi connectivity index (χ4n) is 15.8. The second kappa shape index (κ2) is 57.6. The summed E-state index contributed by atoms with van der Waals surface area (Å²) in [6, 6.07) is -1.12. The highest BCUT2D eigenvalue weighted by Gasteiger charge is 2.48. The maximum absolute atomic E-state index is 14.6. The number of aliphatic hydroxyl groups excluding tert-OH is 10. The van der Waals surface area contributed by atoms with Gasteiger partial charge in [-0.05, 0) is 89.9 Å². The van der Waals surface area contributed by atoms with Crippen molar-refractivity contribution in [3.63, 3.8) is 0 Å². The third kappa shape index (κ3) is 37.2. The van der Waals surface area contributed by atoms with Gasteiger partial charge in [0.1, 0.15) is 102 Å². The lowest BCUT2D eigenvalue weighted by Gasteiger charge is -2.40. The molecule has 5 aliphatic rings. The Hall–Kier alpha value is -5.43. The normalized spacial score (nSPS) is 28.0. The summed E-state index contributed by atoms with van der Waals surface area (Å²) in [5.41, 5.74) is 4.05. The van der Waals surface area contributed by atoms with Crippen LogP contribution in [0.3, 0.4) is 0 Å². The molecule has 5 fully saturated rings. The molecule has 0 spiro atoms. The number of imidazole rings is 1. The lowest BCUT2D eigenvalue weighted by Crippen LogP contribution is -2.57. The van der Waals surface area contributed by atoms with Crippen LogP contribution in [0.1, 0.15) is 227 Å². The summed E-state index contributed by atoms with van der Waals surface area (Å²) in [5.74, 6) is -3.95. The number of rotatable bonds is 67. The number of ketones is 5. The maximum atomic E-state index is 14.6. The molecule has 23 atom stereocenters. The number of anilines is 1. The maximum Gasteiger partial charge on any atom is 0.472 e. The first-order chi connectivity index (χ1) is 62.0. The average Bonchev–Trinajstić information content (AvgIpc) is 1.71. The topological polar surface area (TPSA) is 630 Å². The molecule has 2 aromatic rings. The highest BCUT2D eigenvalue weighted by atomic mass is 31.2. The summed E-state index contributed by atoms with van der Waals surface area (Å²) < 4.78 is 104. The van der Waals surface area contributed by atoms with E-state index in [1.807, 2.05) is 0 Å². The summed E-state index contributed by atoms with van der Waals surface area (Å²) in [4.78, 5) is 143. The van der Waals surface area contributed by atoms with Gasteiger partial charge in [-0.15, -0.1) is 0 Å². The highest BCUT2D eigenvalue weighted by Crippen LogP contribution is 2.52. The van der Waals surface area contributed by atoms with E-state index < -0.39 is 206 Å². The largest absolute Gasteiger partial charge is 0.472 e. The van der Waals surface area contributed by atoms with Crippen LogP contribution in [0.4, 0.5) is 5.82 Å². The number of unbranched alkanes of at least 4 members (excludes halogenated alkanes) is 8. The quantitative estimate of drug-likeness (QED) is 0.0257. The minimum Gasteiger partial charge on any atom is -0.394 e. The van der Waals surface area contributed by atoms with Crippen LogP contribution in [0.5, 0.6) is 0 Å². The van der Waals surface area contributed by atoms with Gasteiger partial charge in [-0.25, -0.2) is 19.5 Å². The Bertz CT molecular complexity index is 3760. The van der Waals surface area contributed by atoms with Crippen LogP contribution in [0, 0.1) is 17.8 Å². The zero-order chi connectivity index (χ0) is 95.1. The van der Waals surface area contributed by atoms with Gasteiger partial charge in [-0.1, -0.05) is 47.5 Å². The van der Waals surface area contributed by atoms with Crippen LogP contribution in [0.15, 0.2) is 12.7 Å². The van der Waals surface area contributed by atoms with E-state index in [0.717, 1.165) is 4.90 Å². The summed E-state index contributed by atoms with van der Waals surface area (Å²) in [5, 5.41) is 107. The smallest absolute Gasteiger partial charge is 0.394 e. The molecule has 5 aliphatic heterocycles. The van der Waals surface area contributed by atoms with Gasteiger partial charge in [0.05, 0.1) is 114 Å². The average molecular weight is 1900 g/mol. The Morgan fingerprint density at radius 2 is 0.962 bits per heavy atom. The Balaban J connectivity index is 0.949. The van der Waals surface area contributed by atoms with Crippen LogP contribution in [0.2, 0.25) is 0 Å². The molecule has 744 valence electrons. The summed E-state index contributed by atoms with van der Waals surface area (Å²) in [6.45, 7) is 4.38. The number of phosphoric ester groups is 1. The standard InChI is InChI=1S/C85H144N8O35P2/c1-53(2)129(112,113)122-48-68-64(41-72(124-68)93-52-90-73-80(86)88-51-89-81(73)93)128-130(114,115)123-47-57-40-63(102)43-92(57)71(105)42-70(104)91-85(49-117-37-29-62(101)23-11-7-9-21-59(98)26-14-18-34-120-83-55(4)75(107)78(110)66(45-95)126-83,50-118-38-30-69(103)87-32-16-12-24-60(99)27-15-19-35-121-84-56(5)76(108)79(111)67(46-96)127-84)31-39-116-36-28-61(100)22-10-6-8-20-58(97)25-13-17-33-119-82-54(3)74(106)77(109)65(44-94)125-82/h51-57,63-68,72,74-79,82-84,94-96,102,106-111H,6-50H2,1-5H3,(H,87,103)(H,91,104)(H,112,113)(H,114,115)(H2,86,88,89)/t54?,55?,56?,57-,63+,64+,65?,66?,67?,68-,72-,74-,75-,76-,77+,78+,79+,82-,83-,84-,85?/m1/s1. The number of hydrogen-bond donors (Lipinski definition) is 15. The van der Waals surface area contributed by atoms with E-state index in [0.29, 0.717) is 116 Å². The number of nitrogen functional groups attached to an aromatic ring is 1. The van der Waals surface area contributed by atoms with Gasteiger partial charge < -0.3 is 134 Å².